The highest BCUT2D eigenvalue weighted by molar-refractivity contribution is 6.97. The van der Waals surface area contributed by atoms with Gasteiger partial charge in [0.05, 0.1) is 17.1 Å². The van der Waals surface area contributed by atoms with Crippen molar-refractivity contribution >= 4 is 94.4 Å². The summed E-state index contributed by atoms with van der Waals surface area (Å²) in [6.07, 6.45) is 0. The molecule has 268 valence electrons. The van der Waals surface area contributed by atoms with Gasteiger partial charge in [-0.3, -0.25) is 0 Å². The van der Waals surface area contributed by atoms with Gasteiger partial charge in [0.25, 0.3) is 0 Å². The number of rotatable bonds is 7. The number of benzene rings is 10. The van der Waals surface area contributed by atoms with E-state index >= 15 is 0 Å². The van der Waals surface area contributed by atoms with Crippen molar-refractivity contribution in [3.8, 4) is 11.1 Å². The van der Waals surface area contributed by atoms with Crippen molar-refractivity contribution in [2.45, 2.75) is 13.8 Å². The quantitative estimate of drug-likeness (QED) is 0.120. The first-order valence-electron chi connectivity index (χ1n) is 19.8. The topological polar surface area (TPSA) is 16.4 Å². The summed E-state index contributed by atoms with van der Waals surface area (Å²) < 4.78 is 6.78. The molecule has 11 rings (SSSR count). The number of hydrogen-bond donors (Lipinski definition) is 0. The smallest absolute Gasteiger partial charge is 0.242 e. The van der Waals surface area contributed by atoms with Crippen LogP contribution in [0.15, 0.2) is 199 Å². The number of furan rings is 1. The molecule has 0 saturated heterocycles. The van der Waals surface area contributed by atoms with Crippen molar-refractivity contribution in [2.24, 2.45) is 0 Å². The van der Waals surface area contributed by atoms with Gasteiger partial charge < -0.3 is 9.32 Å². The van der Waals surface area contributed by atoms with Crippen LogP contribution in [0.5, 0.6) is 0 Å². The van der Waals surface area contributed by atoms with Crippen molar-refractivity contribution in [3.05, 3.63) is 205 Å². The molecule has 1 heterocycles. The third-order valence-corrected chi connectivity index (χ3v) is 12.1. The van der Waals surface area contributed by atoms with E-state index in [1.807, 2.05) is 6.07 Å². The Balaban J connectivity index is 1.22. The summed E-state index contributed by atoms with van der Waals surface area (Å²) >= 11 is 0. The first-order chi connectivity index (χ1) is 28.1. The summed E-state index contributed by atoms with van der Waals surface area (Å²) in [4.78, 5) is 2.43. The number of anilines is 3. The number of nitrogens with zero attached hydrogens (tertiary/aromatic N) is 1. The molecule has 0 atom stereocenters. The molecule has 2 nitrogen and oxygen atoms in total. The molecule has 0 saturated carbocycles. The lowest BCUT2D eigenvalue weighted by atomic mass is 9.35. The third-order valence-electron chi connectivity index (χ3n) is 12.1. The predicted octanol–water partition coefficient (Wildman–Crippen LogP) is 12.8. The van der Waals surface area contributed by atoms with Crippen molar-refractivity contribution in [1.82, 2.24) is 0 Å². The molecule has 0 N–H and O–H groups in total. The molecule has 0 radical (unpaired) electrons. The molecular formula is C54H38BNO. The van der Waals surface area contributed by atoms with Crippen LogP contribution in [0.1, 0.15) is 11.1 Å². The Morgan fingerprint density at radius 1 is 0.386 bits per heavy atom. The minimum absolute atomic E-state index is 0.0800. The zero-order chi connectivity index (χ0) is 38.0. The first-order valence-corrected chi connectivity index (χ1v) is 19.8. The molecule has 57 heavy (non-hydrogen) atoms. The van der Waals surface area contributed by atoms with Crippen molar-refractivity contribution in [1.29, 1.82) is 0 Å². The van der Waals surface area contributed by atoms with E-state index in [0.717, 1.165) is 50.1 Å². The van der Waals surface area contributed by atoms with E-state index in [9.17, 15) is 0 Å². The normalized spacial score (nSPS) is 11.7. The second-order valence-corrected chi connectivity index (χ2v) is 15.3. The average molecular weight is 728 g/mol. The van der Waals surface area contributed by atoms with Crippen LogP contribution in [0.3, 0.4) is 0 Å². The lowest BCUT2D eigenvalue weighted by Gasteiger charge is -2.30. The minimum atomic E-state index is 0.0800. The van der Waals surface area contributed by atoms with Gasteiger partial charge in [-0.2, -0.15) is 0 Å². The number of fused-ring (bicyclic) bond motifs is 3. The molecule has 0 bridgehead atoms. The maximum Gasteiger partial charge on any atom is 0.242 e. The van der Waals surface area contributed by atoms with E-state index < -0.39 is 0 Å². The zero-order valence-corrected chi connectivity index (χ0v) is 31.9. The number of hydrogen-bond acceptors (Lipinski definition) is 2. The molecule has 3 heteroatoms. The minimum Gasteiger partial charge on any atom is -0.454 e. The van der Waals surface area contributed by atoms with E-state index in [1.165, 1.54) is 59.8 Å². The van der Waals surface area contributed by atoms with Gasteiger partial charge in [-0.05, 0) is 70.6 Å². The molecule has 11 aromatic rings. The SMILES string of the molecule is Cc1ccccc1B(c1ccccc1C)c1ccc2ccc3c(N(c4ccccc4-c4ccccc4)c4cccc5c4oc4ccccc45)ccc4ccc1c2c43. The van der Waals surface area contributed by atoms with Crippen LogP contribution < -0.4 is 21.3 Å². The van der Waals surface area contributed by atoms with Gasteiger partial charge >= 0.3 is 0 Å². The summed E-state index contributed by atoms with van der Waals surface area (Å²) in [6, 6.07) is 70.8. The van der Waals surface area contributed by atoms with Gasteiger partial charge in [0.2, 0.25) is 6.71 Å². The largest absolute Gasteiger partial charge is 0.454 e. The Kier molecular flexibility index (Phi) is 7.75. The summed E-state index contributed by atoms with van der Waals surface area (Å²) in [5, 5.41) is 9.75. The van der Waals surface area contributed by atoms with E-state index in [0.29, 0.717) is 0 Å². The lowest BCUT2D eigenvalue weighted by molar-refractivity contribution is 0.669. The summed E-state index contributed by atoms with van der Waals surface area (Å²) in [5.41, 5.74) is 13.9. The Labute approximate surface area is 332 Å². The van der Waals surface area contributed by atoms with Crippen molar-refractivity contribution < 1.29 is 4.42 Å². The highest BCUT2D eigenvalue weighted by Gasteiger charge is 2.29. The van der Waals surface area contributed by atoms with Crippen LogP contribution in [0.2, 0.25) is 0 Å². The van der Waals surface area contributed by atoms with E-state index in [4.69, 9.17) is 4.42 Å². The summed E-state index contributed by atoms with van der Waals surface area (Å²) in [6.45, 7) is 4.57. The van der Waals surface area contributed by atoms with E-state index in [2.05, 4.69) is 207 Å². The van der Waals surface area contributed by atoms with Gasteiger partial charge in [0.15, 0.2) is 5.58 Å². The number of para-hydroxylation sites is 3. The van der Waals surface area contributed by atoms with Crippen LogP contribution in [0, 0.1) is 13.8 Å². The predicted molar refractivity (Wildman–Crippen MR) is 245 cm³/mol. The van der Waals surface area contributed by atoms with Gasteiger partial charge in [-0.15, -0.1) is 0 Å². The van der Waals surface area contributed by atoms with Gasteiger partial charge in [-0.25, -0.2) is 0 Å². The number of aryl methyl sites for hydroxylation is 2. The van der Waals surface area contributed by atoms with Crippen LogP contribution in [-0.2, 0) is 0 Å². The Morgan fingerprint density at radius 2 is 0.965 bits per heavy atom. The fourth-order valence-electron chi connectivity index (χ4n) is 9.41. The van der Waals surface area contributed by atoms with Crippen LogP contribution in [0.4, 0.5) is 17.1 Å². The standard InChI is InChI=1S/C54H38BNO/c1-35-15-6-10-22-45(35)55(46-23-11-7-16-36(46)2)47-33-29-38-28-32-44-49(34-30-39-27-31-43(47)52(38)53(39)44)56(48-24-12-8-19-40(48)37-17-4-3-5-18-37)50-25-14-21-42-41-20-9-13-26-51(41)57-54(42)50/h3-34H,1-2H3. The van der Waals surface area contributed by atoms with E-state index in [-0.39, 0.29) is 6.71 Å². The molecule has 0 spiro atoms. The average Bonchev–Trinajstić information content (AvgIpc) is 3.65. The maximum absolute atomic E-state index is 6.78. The molecule has 0 fully saturated rings. The van der Waals surface area contributed by atoms with Gasteiger partial charge in [-0.1, -0.05) is 197 Å². The second-order valence-electron chi connectivity index (χ2n) is 15.3. The maximum atomic E-state index is 6.78. The molecule has 10 aromatic carbocycles. The van der Waals surface area contributed by atoms with Crippen LogP contribution in [-0.4, -0.2) is 6.71 Å². The Bertz CT molecular complexity index is 3240. The second kappa shape index (κ2) is 13.3. The molecule has 0 aliphatic heterocycles. The monoisotopic (exact) mass is 727 g/mol. The van der Waals surface area contributed by atoms with Crippen molar-refractivity contribution in [3.63, 3.8) is 0 Å². The first kappa shape index (κ1) is 33.3. The highest BCUT2D eigenvalue weighted by atomic mass is 16.3. The molecule has 0 amide bonds. The van der Waals surface area contributed by atoms with Crippen LogP contribution in [0.25, 0.3) is 65.4 Å². The van der Waals surface area contributed by atoms with Gasteiger partial charge in [0, 0.05) is 21.7 Å². The van der Waals surface area contributed by atoms with Crippen LogP contribution >= 0.6 is 0 Å². The summed E-state index contributed by atoms with van der Waals surface area (Å²) in [7, 11) is 0. The zero-order valence-electron chi connectivity index (χ0n) is 31.9. The fourth-order valence-corrected chi connectivity index (χ4v) is 9.41. The molecule has 1 aromatic heterocycles. The highest BCUT2D eigenvalue weighted by Crippen LogP contribution is 2.48. The molecule has 0 aliphatic carbocycles. The molecule has 0 unspecified atom stereocenters. The Morgan fingerprint density at radius 3 is 1.74 bits per heavy atom. The van der Waals surface area contributed by atoms with Gasteiger partial charge in [0.1, 0.15) is 5.58 Å². The van der Waals surface area contributed by atoms with Crippen molar-refractivity contribution in [2.75, 3.05) is 4.90 Å². The lowest BCUT2D eigenvalue weighted by Crippen LogP contribution is -2.54. The van der Waals surface area contributed by atoms with E-state index in [1.54, 1.807) is 0 Å². The third kappa shape index (κ3) is 5.27. The Hall–Kier alpha value is -7.10. The fraction of sp³-hybridized carbons (Fsp3) is 0.0370. The molecular weight excluding hydrogens is 689 g/mol. The molecule has 0 aliphatic rings. The summed E-state index contributed by atoms with van der Waals surface area (Å²) in [5.74, 6) is 0.